The number of carbonyl (C=O) groups excluding carboxylic acids is 1. The Labute approximate surface area is 93.9 Å². The van der Waals surface area contributed by atoms with E-state index in [4.69, 9.17) is 9.84 Å². The summed E-state index contributed by atoms with van der Waals surface area (Å²) in [7, 11) is 0. The van der Waals surface area contributed by atoms with Crippen molar-refractivity contribution in [2.24, 2.45) is 0 Å². The maximum atomic E-state index is 11.6. The third-order valence-electron chi connectivity index (χ3n) is 2.15. The fraction of sp³-hybridized carbons (Fsp3) is 0.333. The van der Waals surface area contributed by atoms with E-state index in [9.17, 15) is 9.59 Å². The Morgan fingerprint density at radius 3 is 2.62 bits per heavy atom. The highest BCUT2D eigenvalue weighted by atomic mass is 16.6. The number of hydrogen-bond donors (Lipinski definition) is 1. The lowest BCUT2D eigenvalue weighted by Gasteiger charge is -2.11. The minimum Gasteiger partial charge on any atom is -0.479 e. The monoisotopic (exact) mass is 222 g/mol. The van der Waals surface area contributed by atoms with E-state index < -0.39 is 18.0 Å². The minimum absolute atomic E-state index is 0.257. The van der Waals surface area contributed by atoms with Gasteiger partial charge < -0.3 is 9.84 Å². The van der Waals surface area contributed by atoms with Gasteiger partial charge in [-0.2, -0.15) is 0 Å². The quantitative estimate of drug-likeness (QED) is 0.791. The molecule has 86 valence electrons. The highest BCUT2D eigenvalue weighted by Gasteiger charge is 2.20. The summed E-state index contributed by atoms with van der Waals surface area (Å²) in [6, 6.07) is 6.85. The maximum Gasteiger partial charge on any atom is 0.345 e. The Morgan fingerprint density at radius 2 is 2.12 bits per heavy atom. The fourth-order valence-corrected chi connectivity index (χ4v) is 1.28. The molecule has 0 aliphatic heterocycles. The van der Waals surface area contributed by atoms with Gasteiger partial charge in [-0.1, -0.05) is 24.6 Å². The number of esters is 1. The van der Waals surface area contributed by atoms with E-state index in [1.807, 2.05) is 13.0 Å². The zero-order valence-electron chi connectivity index (χ0n) is 9.27. The van der Waals surface area contributed by atoms with Gasteiger partial charge in [-0.25, -0.2) is 9.59 Å². The van der Waals surface area contributed by atoms with Gasteiger partial charge in [0.25, 0.3) is 0 Å². The second kappa shape index (κ2) is 5.30. The number of rotatable bonds is 4. The maximum absolute atomic E-state index is 11.6. The van der Waals surface area contributed by atoms with E-state index in [1.54, 1.807) is 25.1 Å². The van der Waals surface area contributed by atoms with Crippen molar-refractivity contribution in [3.63, 3.8) is 0 Å². The first-order chi connectivity index (χ1) is 7.54. The zero-order chi connectivity index (χ0) is 12.1. The highest BCUT2D eigenvalue weighted by Crippen LogP contribution is 2.08. The van der Waals surface area contributed by atoms with Crippen LogP contribution >= 0.6 is 0 Å². The van der Waals surface area contributed by atoms with Gasteiger partial charge in [0, 0.05) is 0 Å². The predicted molar refractivity (Wildman–Crippen MR) is 58.3 cm³/mol. The van der Waals surface area contributed by atoms with Gasteiger partial charge in [0.1, 0.15) is 0 Å². The molecule has 0 spiro atoms. The third kappa shape index (κ3) is 3.08. The van der Waals surface area contributed by atoms with Crippen molar-refractivity contribution in [3.8, 4) is 0 Å². The van der Waals surface area contributed by atoms with Crippen LogP contribution < -0.4 is 0 Å². The summed E-state index contributed by atoms with van der Waals surface area (Å²) in [5.41, 5.74) is 1.30. The van der Waals surface area contributed by atoms with Gasteiger partial charge in [0.2, 0.25) is 0 Å². The van der Waals surface area contributed by atoms with E-state index in [1.165, 1.54) is 0 Å². The Hall–Kier alpha value is -1.84. The van der Waals surface area contributed by atoms with Gasteiger partial charge in [0.15, 0.2) is 6.10 Å². The van der Waals surface area contributed by atoms with Gasteiger partial charge in [0.05, 0.1) is 5.56 Å². The van der Waals surface area contributed by atoms with E-state index in [2.05, 4.69) is 0 Å². The number of aryl methyl sites for hydroxylation is 1. The van der Waals surface area contributed by atoms with Crippen molar-refractivity contribution >= 4 is 11.9 Å². The average Bonchev–Trinajstić information content (AvgIpc) is 2.25. The summed E-state index contributed by atoms with van der Waals surface area (Å²) in [5, 5.41) is 8.75. The average molecular weight is 222 g/mol. The van der Waals surface area contributed by atoms with Crippen molar-refractivity contribution in [2.45, 2.75) is 26.4 Å². The van der Waals surface area contributed by atoms with E-state index in [0.29, 0.717) is 5.56 Å². The van der Waals surface area contributed by atoms with Crippen LogP contribution in [0.1, 0.15) is 29.3 Å². The molecule has 0 bridgehead atoms. The van der Waals surface area contributed by atoms with Crippen LogP contribution in [0.25, 0.3) is 0 Å². The molecule has 0 amide bonds. The van der Waals surface area contributed by atoms with Crippen molar-refractivity contribution in [2.75, 3.05) is 0 Å². The summed E-state index contributed by atoms with van der Waals surface area (Å²) in [6.07, 6.45) is -0.819. The molecule has 0 aliphatic carbocycles. The standard InChI is InChI=1S/C12H14O4/c1-3-10(11(13)14)16-12(15)9-6-4-5-8(2)7-9/h4-7,10H,3H2,1-2H3,(H,13,14). The molecule has 0 radical (unpaired) electrons. The molecular formula is C12H14O4. The number of aliphatic carboxylic acids is 1. The molecule has 0 saturated heterocycles. The Bertz CT molecular complexity index is 398. The second-order valence-corrected chi connectivity index (χ2v) is 3.51. The molecule has 1 unspecified atom stereocenters. The van der Waals surface area contributed by atoms with Crippen LogP contribution in [0.15, 0.2) is 24.3 Å². The molecule has 1 atom stereocenters. The van der Waals surface area contributed by atoms with E-state index in [0.717, 1.165) is 5.56 Å². The van der Waals surface area contributed by atoms with Crippen molar-refractivity contribution in [1.29, 1.82) is 0 Å². The first-order valence-corrected chi connectivity index (χ1v) is 5.05. The van der Waals surface area contributed by atoms with Crippen LogP contribution in [-0.2, 0) is 9.53 Å². The fourth-order valence-electron chi connectivity index (χ4n) is 1.28. The summed E-state index contributed by atoms with van der Waals surface area (Å²) in [5.74, 6) is -1.72. The van der Waals surface area contributed by atoms with Gasteiger partial charge in [-0.15, -0.1) is 0 Å². The SMILES string of the molecule is CCC(OC(=O)c1cccc(C)c1)C(=O)O. The van der Waals surface area contributed by atoms with E-state index in [-0.39, 0.29) is 6.42 Å². The molecule has 0 aromatic heterocycles. The van der Waals surface area contributed by atoms with Crippen LogP contribution in [-0.4, -0.2) is 23.1 Å². The summed E-state index contributed by atoms with van der Waals surface area (Å²) in [4.78, 5) is 22.3. The molecule has 16 heavy (non-hydrogen) atoms. The molecule has 1 aromatic carbocycles. The van der Waals surface area contributed by atoms with Crippen LogP contribution in [0.4, 0.5) is 0 Å². The lowest BCUT2D eigenvalue weighted by molar-refractivity contribution is -0.147. The molecule has 1 aromatic rings. The number of ether oxygens (including phenoxy) is 1. The van der Waals surface area contributed by atoms with Crippen LogP contribution in [0, 0.1) is 6.92 Å². The number of carbonyl (C=O) groups is 2. The van der Waals surface area contributed by atoms with Crippen LogP contribution in [0.3, 0.4) is 0 Å². The Kier molecular flexibility index (Phi) is 4.05. The van der Waals surface area contributed by atoms with E-state index >= 15 is 0 Å². The molecule has 1 rings (SSSR count). The summed E-state index contributed by atoms with van der Waals surface area (Å²) < 4.78 is 4.86. The van der Waals surface area contributed by atoms with Gasteiger partial charge in [-0.05, 0) is 25.5 Å². The molecule has 1 N–H and O–H groups in total. The molecule has 4 nitrogen and oxygen atoms in total. The molecular weight excluding hydrogens is 208 g/mol. The number of carboxylic acids is 1. The molecule has 0 saturated carbocycles. The largest absolute Gasteiger partial charge is 0.479 e. The normalized spacial score (nSPS) is 11.9. The number of carboxylic acid groups (broad SMARTS) is 1. The van der Waals surface area contributed by atoms with Crippen molar-refractivity contribution in [3.05, 3.63) is 35.4 Å². The first-order valence-electron chi connectivity index (χ1n) is 5.05. The second-order valence-electron chi connectivity index (χ2n) is 3.51. The Balaban J connectivity index is 2.75. The van der Waals surface area contributed by atoms with Crippen LogP contribution in [0.2, 0.25) is 0 Å². The lowest BCUT2D eigenvalue weighted by atomic mass is 10.1. The lowest BCUT2D eigenvalue weighted by Crippen LogP contribution is -2.26. The number of hydrogen-bond acceptors (Lipinski definition) is 3. The molecule has 0 aliphatic rings. The molecule has 4 heteroatoms. The molecule has 0 heterocycles. The van der Waals surface area contributed by atoms with Crippen LogP contribution in [0.5, 0.6) is 0 Å². The predicted octanol–water partition coefficient (Wildman–Crippen LogP) is 2.02. The molecule has 0 fully saturated rings. The number of benzene rings is 1. The summed E-state index contributed by atoms with van der Waals surface area (Å²) >= 11 is 0. The topological polar surface area (TPSA) is 63.6 Å². The minimum atomic E-state index is -1.12. The first kappa shape index (κ1) is 12.2. The van der Waals surface area contributed by atoms with Gasteiger partial charge in [-0.3, -0.25) is 0 Å². The van der Waals surface area contributed by atoms with Crippen molar-refractivity contribution < 1.29 is 19.4 Å². The summed E-state index contributed by atoms with van der Waals surface area (Å²) in [6.45, 7) is 3.51. The van der Waals surface area contributed by atoms with Crippen molar-refractivity contribution in [1.82, 2.24) is 0 Å². The highest BCUT2D eigenvalue weighted by molar-refractivity contribution is 5.91. The third-order valence-corrected chi connectivity index (χ3v) is 2.15. The Morgan fingerprint density at radius 1 is 1.44 bits per heavy atom. The zero-order valence-corrected chi connectivity index (χ0v) is 9.27. The smallest absolute Gasteiger partial charge is 0.345 e. The van der Waals surface area contributed by atoms with Gasteiger partial charge >= 0.3 is 11.9 Å².